The number of aliphatic hydroxyl groups is 1. The summed E-state index contributed by atoms with van der Waals surface area (Å²) in [4.78, 5) is 29.7. The monoisotopic (exact) mass is 850 g/mol. The molecule has 2 atom stereocenters. The van der Waals surface area contributed by atoms with Crippen LogP contribution in [0.25, 0.3) is 0 Å². The third-order valence-corrected chi connectivity index (χ3v) is 12.1. The summed E-state index contributed by atoms with van der Waals surface area (Å²) < 4.78 is 6.08. The number of aromatic nitrogens is 1. The minimum absolute atomic E-state index is 0.0113. The molecule has 4 aromatic carbocycles. The number of hydrogen-bond acceptors (Lipinski definition) is 9. The second-order valence-electron chi connectivity index (χ2n) is 16.5. The molecule has 10 nitrogen and oxygen atoms in total. The molecule has 5 aromatic rings. The fourth-order valence-electron chi connectivity index (χ4n) is 8.46. The highest BCUT2D eigenvalue weighted by molar-refractivity contribution is 5.98. The maximum atomic E-state index is 13.8. The number of aromatic amines is 1. The second-order valence-corrected chi connectivity index (χ2v) is 16.5. The molecular formula is C53H62N4O6. The number of benzene rings is 4. The number of nitrogens with two attached hydrogens (primary N) is 2. The number of hydrogen-bond donors (Lipinski definition) is 7. The number of rotatable bonds is 22. The van der Waals surface area contributed by atoms with Crippen LogP contribution in [0.1, 0.15) is 118 Å². The summed E-state index contributed by atoms with van der Waals surface area (Å²) in [6.45, 7) is 1.38. The van der Waals surface area contributed by atoms with E-state index in [1.54, 1.807) is 36.5 Å². The number of carbonyl (C=O) groups is 2. The molecule has 0 radical (unpaired) electrons. The number of unbranched alkanes of at least 4 members (excludes halogenated alkanes) is 1. The van der Waals surface area contributed by atoms with Crippen LogP contribution in [-0.4, -0.2) is 58.7 Å². The van der Waals surface area contributed by atoms with Gasteiger partial charge in [-0.25, -0.2) is 0 Å². The Morgan fingerprint density at radius 2 is 1.68 bits per heavy atom. The summed E-state index contributed by atoms with van der Waals surface area (Å²) >= 11 is 0. The number of ketones is 2. The van der Waals surface area contributed by atoms with E-state index in [2.05, 4.69) is 40.3 Å². The van der Waals surface area contributed by atoms with Crippen LogP contribution in [0.2, 0.25) is 0 Å². The smallest absolute Gasteiger partial charge is 0.165 e. The van der Waals surface area contributed by atoms with Crippen LogP contribution in [0.5, 0.6) is 17.2 Å². The van der Waals surface area contributed by atoms with Gasteiger partial charge in [-0.05, 0) is 134 Å². The Morgan fingerprint density at radius 1 is 0.905 bits per heavy atom. The van der Waals surface area contributed by atoms with Gasteiger partial charge in [0.25, 0.3) is 0 Å². The first kappa shape index (κ1) is 46.5. The number of aryl methyl sites for hydroxylation is 2. The number of Topliss-reactive ketones (excluding diaryl/α,β-unsaturated/α-hetero) is 1. The Kier molecular flexibility index (Phi) is 17.3. The molecule has 0 spiro atoms. The standard InChI is InChI=1S/C53H62N4O6/c1-56-28-24-36(14-18-39-9-5-6-10-40(39)26-30-58)8-3-2-4-12-43(59)20-15-37-17-23-50(61)52(33-37)63-31-27-38-16-22-49(60)47(32-38)46-35-51(62)45-25-29-57-48(45)13-7-11-41-34-42(53(54)55)19-21-44(41)46/h4-6,9-10,12,16-17,19,21-23,25,29,32-34,36,46,53,56-58,60-61H,2-3,8,13-15,18,20,24,26-28,30-31,35,54-55H2,1H3. The van der Waals surface area contributed by atoms with E-state index in [9.17, 15) is 24.9 Å². The highest BCUT2D eigenvalue weighted by Crippen LogP contribution is 2.38. The zero-order chi connectivity index (χ0) is 44.6. The Bertz CT molecular complexity index is 2410. The highest BCUT2D eigenvalue weighted by Gasteiger charge is 2.27. The van der Waals surface area contributed by atoms with E-state index < -0.39 is 12.1 Å². The lowest BCUT2D eigenvalue weighted by Crippen LogP contribution is -2.20. The molecule has 330 valence electrons. The van der Waals surface area contributed by atoms with Crippen molar-refractivity contribution in [1.29, 1.82) is 0 Å². The first-order valence-electron chi connectivity index (χ1n) is 22.2. The minimum Gasteiger partial charge on any atom is -0.508 e. The van der Waals surface area contributed by atoms with Crippen molar-refractivity contribution in [2.45, 2.75) is 89.1 Å². The normalized spacial score (nSPS) is 14.2. The lowest BCUT2D eigenvalue weighted by atomic mass is 9.81. The van der Waals surface area contributed by atoms with Gasteiger partial charge >= 0.3 is 0 Å². The van der Waals surface area contributed by atoms with Gasteiger partial charge in [-0.3, -0.25) is 9.59 Å². The third kappa shape index (κ3) is 13.3. The zero-order valence-corrected chi connectivity index (χ0v) is 36.4. The Labute approximate surface area is 371 Å². The number of phenols is 2. The van der Waals surface area contributed by atoms with Crippen LogP contribution in [0.3, 0.4) is 0 Å². The van der Waals surface area contributed by atoms with E-state index >= 15 is 0 Å². The quantitative estimate of drug-likeness (QED) is 0.0158. The van der Waals surface area contributed by atoms with Gasteiger partial charge in [0.05, 0.1) is 19.2 Å². The van der Waals surface area contributed by atoms with Crippen LogP contribution in [0.4, 0.5) is 0 Å². The maximum absolute atomic E-state index is 13.8. The maximum Gasteiger partial charge on any atom is 0.165 e. The van der Waals surface area contributed by atoms with Gasteiger partial charge < -0.3 is 41.8 Å². The molecular weight excluding hydrogens is 789 g/mol. The molecule has 2 unspecified atom stereocenters. The average Bonchev–Trinajstić information content (AvgIpc) is 3.76. The highest BCUT2D eigenvalue weighted by atomic mass is 16.5. The van der Waals surface area contributed by atoms with Gasteiger partial charge in [0, 0.05) is 60.4 Å². The van der Waals surface area contributed by atoms with Crippen molar-refractivity contribution in [2.75, 3.05) is 26.8 Å². The number of ether oxygens (including phenoxy) is 1. The van der Waals surface area contributed by atoms with Crippen LogP contribution in [0, 0.1) is 17.8 Å². The Hall–Kier alpha value is -5.96. The first-order chi connectivity index (χ1) is 30.6. The van der Waals surface area contributed by atoms with Crippen molar-refractivity contribution >= 4 is 11.6 Å². The summed E-state index contributed by atoms with van der Waals surface area (Å²) in [5, 5.41) is 34.6. The van der Waals surface area contributed by atoms with E-state index in [1.807, 2.05) is 55.6 Å². The number of aromatic hydroxyl groups is 2. The Morgan fingerprint density at radius 3 is 2.46 bits per heavy atom. The SMILES string of the molecule is CNCCC(CCCC=CC(=O)CCc1ccc(O)c(OCCc2ccc(O)c(C3CC(=O)c4cc[nH]c4CC#Cc4cc(C(N)N)ccc43)c2)c1)CCc1ccccc1CCO. The molecule has 1 heterocycles. The summed E-state index contributed by atoms with van der Waals surface area (Å²) in [6.07, 6.45) is 13.4. The number of aliphatic hydroxyl groups excluding tert-OH is 1. The molecule has 0 saturated carbocycles. The van der Waals surface area contributed by atoms with Gasteiger partial charge in [-0.1, -0.05) is 78.9 Å². The van der Waals surface area contributed by atoms with Crippen molar-refractivity contribution in [3.63, 3.8) is 0 Å². The summed E-state index contributed by atoms with van der Waals surface area (Å²) in [5.74, 6) is 6.95. The molecule has 0 bridgehead atoms. The van der Waals surface area contributed by atoms with Crippen molar-refractivity contribution in [1.82, 2.24) is 10.3 Å². The van der Waals surface area contributed by atoms with E-state index in [1.165, 1.54) is 11.1 Å². The Balaban J connectivity index is 1.02. The summed E-state index contributed by atoms with van der Waals surface area (Å²) in [7, 11) is 1.99. The molecule has 1 aliphatic carbocycles. The van der Waals surface area contributed by atoms with Crippen LogP contribution < -0.4 is 21.5 Å². The number of phenolic OH excluding ortho intramolecular Hbond substituents is 2. The van der Waals surface area contributed by atoms with Gasteiger partial charge in [-0.15, -0.1) is 0 Å². The molecule has 63 heavy (non-hydrogen) atoms. The average molecular weight is 851 g/mol. The van der Waals surface area contributed by atoms with E-state index in [0.29, 0.717) is 66.0 Å². The molecule has 0 aliphatic heterocycles. The molecule has 0 saturated heterocycles. The molecule has 6 rings (SSSR count). The number of allylic oxidation sites excluding steroid dienone is 2. The largest absolute Gasteiger partial charge is 0.508 e. The molecule has 9 N–H and O–H groups in total. The number of H-pyrrole nitrogens is 1. The molecule has 10 heteroatoms. The first-order valence-corrected chi connectivity index (χ1v) is 22.2. The predicted octanol–water partition coefficient (Wildman–Crippen LogP) is 7.90. The molecule has 0 amide bonds. The molecule has 1 aliphatic rings. The molecule has 1 aromatic heterocycles. The van der Waals surface area contributed by atoms with E-state index in [-0.39, 0.29) is 42.7 Å². The van der Waals surface area contributed by atoms with E-state index in [0.717, 1.165) is 67.5 Å². The van der Waals surface area contributed by atoms with Crippen molar-refractivity contribution in [2.24, 2.45) is 17.4 Å². The summed E-state index contributed by atoms with van der Waals surface area (Å²) in [6, 6.07) is 26.3. The van der Waals surface area contributed by atoms with Gasteiger partial charge in [-0.2, -0.15) is 0 Å². The molecule has 0 fully saturated rings. The fourth-order valence-corrected chi connectivity index (χ4v) is 8.46. The second kappa shape index (κ2) is 23.5. The van der Waals surface area contributed by atoms with Crippen LogP contribution in [-0.2, 0) is 36.9 Å². The fraction of sp³-hybridized carbons (Fsp3) is 0.358. The van der Waals surface area contributed by atoms with E-state index in [4.69, 9.17) is 16.2 Å². The van der Waals surface area contributed by atoms with Crippen LogP contribution in [0.15, 0.2) is 103 Å². The van der Waals surface area contributed by atoms with Gasteiger partial charge in [0.2, 0.25) is 0 Å². The van der Waals surface area contributed by atoms with Crippen molar-refractivity contribution < 1.29 is 29.6 Å². The number of fused-ring (bicyclic) bond motifs is 2. The van der Waals surface area contributed by atoms with Crippen molar-refractivity contribution in [3.05, 3.63) is 159 Å². The third-order valence-electron chi connectivity index (χ3n) is 12.1. The number of carbonyl (C=O) groups excluding carboxylic acids is 2. The van der Waals surface area contributed by atoms with Crippen molar-refractivity contribution in [3.8, 4) is 29.1 Å². The minimum atomic E-state index is -0.693. The van der Waals surface area contributed by atoms with Gasteiger partial charge in [0.1, 0.15) is 5.75 Å². The zero-order valence-electron chi connectivity index (χ0n) is 36.4. The lowest BCUT2D eigenvalue weighted by Gasteiger charge is -2.22. The number of nitrogens with one attached hydrogen (secondary N) is 2. The summed E-state index contributed by atoms with van der Waals surface area (Å²) in [5.41, 5.74) is 20.5. The van der Waals surface area contributed by atoms with Crippen LogP contribution >= 0.6 is 0 Å². The predicted molar refractivity (Wildman–Crippen MR) is 249 cm³/mol. The lowest BCUT2D eigenvalue weighted by molar-refractivity contribution is -0.114. The van der Waals surface area contributed by atoms with Gasteiger partial charge in [0.15, 0.2) is 23.1 Å². The topological polar surface area (TPSA) is 184 Å².